The molecule has 0 amide bonds. The fourth-order valence-electron chi connectivity index (χ4n) is 3.00. The first-order valence-electron chi connectivity index (χ1n) is 7.26. The molecular weight excluding hydrogens is 284 g/mol. The van der Waals surface area contributed by atoms with Crippen molar-refractivity contribution in [3.63, 3.8) is 0 Å². The zero-order chi connectivity index (χ0) is 15.3. The number of hydrogen-bond donors (Lipinski definition) is 1. The molecule has 4 rings (SSSR count). The molecule has 2 aromatic rings. The van der Waals surface area contributed by atoms with Gasteiger partial charge >= 0.3 is 5.97 Å². The van der Waals surface area contributed by atoms with Gasteiger partial charge in [-0.1, -0.05) is 0 Å². The van der Waals surface area contributed by atoms with Crippen LogP contribution in [-0.2, 0) is 17.6 Å². The molecule has 0 bridgehead atoms. The summed E-state index contributed by atoms with van der Waals surface area (Å²) >= 11 is 0. The molecule has 0 saturated heterocycles. The molecule has 0 fully saturated rings. The summed E-state index contributed by atoms with van der Waals surface area (Å²) in [7, 11) is 0. The Bertz CT molecular complexity index is 768. The molecule has 0 spiro atoms. The van der Waals surface area contributed by atoms with Gasteiger partial charge in [0.1, 0.15) is 17.7 Å². The van der Waals surface area contributed by atoms with Gasteiger partial charge in [0.2, 0.25) is 0 Å². The number of cyclic esters (lactones) is 1. The van der Waals surface area contributed by atoms with Gasteiger partial charge in [-0.3, -0.25) is 4.57 Å². The molecule has 6 nitrogen and oxygen atoms in total. The monoisotopic (exact) mass is 300 g/mol. The summed E-state index contributed by atoms with van der Waals surface area (Å²) in [6.07, 6.45) is 2.91. The second kappa shape index (κ2) is 4.58. The molecule has 6 heteroatoms. The standard InChI is InChI=1S/C16H16N2O4/c1-16(8-19)7-12-14(15(20)22-16)18(9-17-12)11-2-3-13-10(6-11)4-5-21-13/h2-3,6,9,19H,4-5,7-8H2,1H3. The van der Waals surface area contributed by atoms with Crippen molar-refractivity contribution < 1.29 is 19.4 Å². The maximum absolute atomic E-state index is 12.3. The molecule has 1 aromatic carbocycles. The predicted molar refractivity (Wildman–Crippen MR) is 77.4 cm³/mol. The third kappa shape index (κ3) is 1.91. The van der Waals surface area contributed by atoms with Gasteiger partial charge in [0.15, 0.2) is 5.69 Å². The van der Waals surface area contributed by atoms with Gasteiger partial charge in [0.05, 0.1) is 18.9 Å². The van der Waals surface area contributed by atoms with Crippen LogP contribution < -0.4 is 4.74 Å². The highest BCUT2D eigenvalue weighted by Gasteiger charge is 2.39. The van der Waals surface area contributed by atoms with Crippen molar-refractivity contribution in [2.45, 2.75) is 25.4 Å². The average molecular weight is 300 g/mol. The van der Waals surface area contributed by atoms with Crippen LogP contribution in [0.2, 0.25) is 0 Å². The number of nitrogens with zero attached hydrogens (tertiary/aromatic N) is 2. The lowest BCUT2D eigenvalue weighted by atomic mass is 9.97. The van der Waals surface area contributed by atoms with Crippen LogP contribution in [0.1, 0.15) is 28.7 Å². The van der Waals surface area contributed by atoms with Crippen LogP contribution in [0.3, 0.4) is 0 Å². The van der Waals surface area contributed by atoms with E-state index in [2.05, 4.69) is 4.98 Å². The van der Waals surface area contributed by atoms with Crippen molar-refractivity contribution in [1.29, 1.82) is 0 Å². The third-order valence-corrected chi connectivity index (χ3v) is 4.20. The molecule has 1 N–H and O–H groups in total. The van der Waals surface area contributed by atoms with Crippen molar-refractivity contribution in [2.75, 3.05) is 13.2 Å². The molecule has 1 unspecified atom stereocenters. The van der Waals surface area contributed by atoms with Crippen LogP contribution in [0.25, 0.3) is 5.69 Å². The van der Waals surface area contributed by atoms with E-state index >= 15 is 0 Å². The molecule has 0 aliphatic carbocycles. The van der Waals surface area contributed by atoms with E-state index in [1.165, 1.54) is 0 Å². The molecular formula is C16H16N2O4. The number of carbonyl (C=O) groups is 1. The van der Waals surface area contributed by atoms with Gasteiger partial charge in [0.25, 0.3) is 0 Å². The van der Waals surface area contributed by atoms with Crippen molar-refractivity contribution in [2.24, 2.45) is 0 Å². The van der Waals surface area contributed by atoms with E-state index in [4.69, 9.17) is 9.47 Å². The van der Waals surface area contributed by atoms with Crippen molar-refractivity contribution in [3.05, 3.63) is 41.5 Å². The van der Waals surface area contributed by atoms with Gasteiger partial charge in [-0.05, 0) is 30.7 Å². The molecule has 1 atom stereocenters. The first kappa shape index (κ1) is 13.3. The number of imidazole rings is 1. The lowest BCUT2D eigenvalue weighted by Crippen LogP contribution is -2.42. The summed E-state index contributed by atoms with van der Waals surface area (Å²) in [5, 5.41) is 9.40. The number of ether oxygens (including phenoxy) is 2. The van der Waals surface area contributed by atoms with Gasteiger partial charge in [0, 0.05) is 18.5 Å². The summed E-state index contributed by atoms with van der Waals surface area (Å²) < 4.78 is 12.6. The summed E-state index contributed by atoms with van der Waals surface area (Å²) in [5.74, 6) is 0.445. The highest BCUT2D eigenvalue weighted by atomic mass is 16.6. The Morgan fingerprint density at radius 2 is 2.32 bits per heavy atom. The zero-order valence-corrected chi connectivity index (χ0v) is 12.2. The highest BCUT2D eigenvalue weighted by molar-refractivity contribution is 5.91. The normalized spacial score (nSPS) is 22.7. The largest absolute Gasteiger partial charge is 0.493 e. The molecule has 0 saturated carbocycles. The summed E-state index contributed by atoms with van der Waals surface area (Å²) in [4.78, 5) is 16.7. The number of carbonyl (C=O) groups excluding carboxylic acids is 1. The van der Waals surface area contributed by atoms with Crippen LogP contribution in [-0.4, -0.2) is 39.4 Å². The van der Waals surface area contributed by atoms with E-state index in [1.54, 1.807) is 17.8 Å². The van der Waals surface area contributed by atoms with Crippen molar-refractivity contribution in [1.82, 2.24) is 9.55 Å². The number of hydrogen-bond acceptors (Lipinski definition) is 5. The Kier molecular flexibility index (Phi) is 2.77. The van der Waals surface area contributed by atoms with Crippen LogP contribution in [0, 0.1) is 0 Å². The maximum Gasteiger partial charge on any atom is 0.357 e. The topological polar surface area (TPSA) is 73.6 Å². The van der Waals surface area contributed by atoms with Crippen LogP contribution in [0.15, 0.2) is 24.5 Å². The van der Waals surface area contributed by atoms with Gasteiger partial charge < -0.3 is 14.6 Å². The quantitative estimate of drug-likeness (QED) is 0.846. The van der Waals surface area contributed by atoms with Crippen LogP contribution in [0.5, 0.6) is 5.75 Å². The lowest BCUT2D eigenvalue weighted by Gasteiger charge is -2.31. The third-order valence-electron chi connectivity index (χ3n) is 4.20. The molecule has 3 heterocycles. The Labute approximate surface area is 127 Å². The minimum atomic E-state index is -0.894. The molecule has 22 heavy (non-hydrogen) atoms. The SMILES string of the molecule is CC1(CO)Cc2ncn(-c3ccc4c(c3)CCO4)c2C(=O)O1. The van der Waals surface area contributed by atoms with Gasteiger partial charge in [-0.15, -0.1) is 0 Å². The number of fused-ring (bicyclic) bond motifs is 2. The molecule has 2 aliphatic rings. The first-order valence-corrected chi connectivity index (χ1v) is 7.26. The minimum absolute atomic E-state index is 0.221. The van der Waals surface area contributed by atoms with E-state index in [1.807, 2.05) is 18.2 Å². The number of aromatic nitrogens is 2. The van der Waals surface area contributed by atoms with E-state index in [0.717, 1.165) is 23.4 Å². The number of aliphatic hydroxyl groups is 1. The van der Waals surface area contributed by atoms with E-state index < -0.39 is 11.6 Å². The van der Waals surface area contributed by atoms with Gasteiger partial charge in [-0.25, -0.2) is 9.78 Å². The predicted octanol–water partition coefficient (Wildman–Crippen LogP) is 1.27. The van der Waals surface area contributed by atoms with Gasteiger partial charge in [-0.2, -0.15) is 0 Å². The number of benzene rings is 1. The second-order valence-electron chi connectivity index (χ2n) is 5.97. The van der Waals surface area contributed by atoms with E-state index in [-0.39, 0.29) is 6.61 Å². The number of esters is 1. The Balaban J connectivity index is 1.78. The Morgan fingerprint density at radius 1 is 1.45 bits per heavy atom. The van der Waals surface area contributed by atoms with E-state index in [9.17, 15) is 9.90 Å². The first-order chi connectivity index (χ1) is 10.6. The molecule has 2 aliphatic heterocycles. The molecule has 0 radical (unpaired) electrons. The summed E-state index contributed by atoms with van der Waals surface area (Å²) in [6.45, 7) is 2.18. The minimum Gasteiger partial charge on any atom is -0.493 e. The Hall–Kier alpha value is -2.34. The lowest BCUT2D eigenvalue weighted by molar-refractivity contribution is -0.0434. The smallest absolute Gasteiger partial charge is 0.357 e. The number of rotatable bonds is 2. The van der Waals surface area contributed by atoms with E-state index in [0.29, 0.717) is 24.4 Å². The van der Waals surface area contributed by atoms with Crippen molar-refractivity contribution >= 4 is 5.97 Å². The fourth-order valence-corrected chi connectivity index (χ4v) is 3.00. The summed E-state index contributed by atoms with van der Waals surface area (Å²) in [5.41, 5.74) is 2.19. The molecule has 1 aromatic heterocycles. The van der Waals surface area contributed by atoms with Crippen LogP contribution in [0.4, 0.5) is 0 Å². The fraction of sp³-hybridized carbons (Fsp3) is 0.375. The molecule has 114 valence electrons. The van der Waals surface area contributed by atoms with Crippen LogP contribution >= 0.6 is 0 Å². The Morgan fingerprint density at radius 3 is 3.14 bits per heavy atom. The zero-order valence-electron chi connectivity index (χ0n) is 12.2. The highest BCUT2D eigenvalue weighted by Crippen LogP contribution is 2.31. The number of aliphatic hydroxyl groups excluding tert-OH is 1. The summed E-state index contributed by atoms with van der Waals surface area (Å²) in [6, 6.07) is 5.83. The van der Waals surface area contributed by atoms with Crippen molar-refractivity contribution in [3.8, 4) is 11.4 Å². The maximum atomic E-state index is 12.3. The average Bonchev–Trinajstić information content (AvgIpc) is 3.12. The second-order valence-corrected chi connectivity index (χ2v) is 5.97.